The van der Waals surface area contributed by atoms with Crippen LogP contribution in [0.3, 0.4) is 0 Å². The highest BCUT2D eigenvalue weighted by Gasteiger charge is 2.32. The molecule has 7 nitrogen and oxygen atoms in total. The molecular weight excluding hydrogens is 274 g/mol. The van der Waals surface area contributed by atoms with Crippen LogP contribution in [0.2, 0.25) is 0 Å². The Kier molecular flexibility index (Phi) is 4.58. The second-order valence-electron chi connectivity index (χ2n) is 4.88. The molecule has 1 N–H and O–H groups in total. The van der Waals surface area contributed by atoms with Gasteiger partial charge in [0.2, 0.25) is 0 Å². The van der Waals surface area contributed by atoms with Crippen LogP contribution >= 0.6 is 0 Å². The van der Waals surface area contributed by atoms with E-state index in [1.54, 1.807) is 0 Å². The minimum Gasteiger partial charge on any atom is -0.467 e. The molecule has 7 heteroatoms. The van der Waals surface area contributed by atoms with Crippen LogP contribution in [0.1, 0.15) is 25.7 Å². The Morgan fingerprint density at radius 2 is 1.95 bits per heavy atom. The monoisotopic (exact) mass is 291 g/mol. The van der Waals surface area contributed by atoms with Crippen LogP contribution in [0.4, 0.5) is 0 Å². The molecule has 2 aliphatic rings. The van der Waals surface area contributed by atoms with Crippen LogP contribution in [-0.4, -0.2) is 44.0 Å². The van der Waals surface area contributed by atoms with Crippen molar-refractivity contribution in [1.29, 1.82) is 5.26 Å². The van der Waals surface area contributed by atoms with Crippen molar-refractivity contribution < 1.29 is 19.1 Å². The van der Waals surface area contributed by atoms with E-state index < -0.39 is 12.1 Å². The maximum atomic E-state index is 11.5. The van der Waals surface area contributed by atoms with Gasteiger partial charge in [0.25, 0.3) is 0 Å². The molecular formula is C14H17N3O4. The largest absolute Gasteiger partial charge is 0.467 e. The molecule has 2 aliphatic heterocycles. The molecule has 21 heavy (non-hydrogen) atoms. The van der Waals surface area contributed by atoms with Crippen LogP contribution in [-0.2, 0) is 19.1 Å². The fourth-order valence-electron chi connectivity index (χ4n) is 2.55. The third-order valence-corrected chi connectivity index (χ3v) is 3.66. The lowest BCUT2D eigenvalue weighted by atomic mass is 10.1. The summed E-state index contributed by atoms with van der Waals surface area (Å²) in [6, 6.07) is 1.16. The Balaban J connectivity index is 2.18. The lowest BCUT2D eigenvalue weighted by Gasteiger charge is -2.09. The molecule has 2 atom stereocenters. The van der Waals surface area contributed by atoms with E-state index in [1.807, 2.05) is 0 Å². The van der Waals surface area contributed by atoms with Crippen molar-refractivity contribution in [3.63, 3.8) is 0 Å². The van der Waals surface area contributed by atoms with Gasteiger partial charge in [0, 0.05) is 5.70 Å². The highest BCUT2D eigenvalue weighted by molar-refractivity contribution is 6.06. The summed E-state index contributed by atoms with van der Waals surface area (Å²) in [5, 5.41) is 12.4. The van der Waals surface area contributed by atoms with E-state index in [-0.39, 0.29) is 11.9 Å². The van der Waals surface area contributed by atoms with Crippen molar-refractivity contribution >= 4 is 17.7 Å². The van der Waals surface area contributed by atoms with Gasteiger partial charge in [-0.15, -0.1) is 0 Å². The first kappa shape index (κ1) is 15.0. The Morgan fingerprint density at radius 3 is 2.57 bits per heavy atom. The number of nitrogens with one attached hydrogen (secondary N) is 1. The van der Waals surface area contributed by atoms with E-state index in [0.717, 1.165) is 0 Å². The van der Waals surface area contributed by atoms with Gasteiger partial charge in [-0.3, -0.25) is 4.99 Å². The normalized spacial score (nSPS) is 26.4. The first-order valence-electron chi connectivity index (χ1n) is 6.73. The zero-order valence-electron chi connectivity index (χ0n) is 12.0. The fourth-order valence-corrected chi connectivity index (χ4v) is 2.55. The number of hydrogen-bond acceptors (Lipinski definition) is 7. The van der Waals surface area contributed by atoms with Gasteiger partial charge in [0.05, 0.1) is 25.5 Å². The van der Waals surface area contributed by atoms with Gasteiger partial charge < -0.3 is 14.8 Å². The summed E-state index contributed by atoms with van der Waals surface area (Å²) >= 11 is 0. The number of hydrogen-bond donors (Lipinski definition) is 1. The number of methoxy groups -OCH3 is 2. The Hall–Kier alpha value is -2.36. The van der Waals surface area contributed by atoms with Crippen LogP contribution in [0.15, 0.2) is 16.3 Å². The Morgan fingerprint density at radius 1 is 1.24 bits per heavy atom. The van der Waals surface area contributed by atoms with Crippen molar-refractivity contribution in [2.75, 3.05) is 14.2 Å². The maximum absolute atomic E-state index is 11.5. The molecule has 1 fully saturated rings. The van der Waals surface area contributed by atoms with Crippen LogP contribution in [0.5, 0.6) is 0 Å². The second kappa shape index (κ2) is 6.39. The summed E-state index contributed by atoms with van der Waals surface area (Å²) in [6.07, 6.45) is 2.27. The third kappa shape index (κ3) is 3.05. The Bertz CT molecular complexity index is 559. The molecule has 0 aliphatic carbocycles. The topological polar surface area (TPSA) is 101 Å². The molecule has 2 rings (SSSR count). The van der Waals surface area contributed by atoms with E-state index in [9.17, 15) is 14.9 Å². The summed E-state index contributed by atoms with van der Waals surface area (Å²) in [6.45, 7) is 0. The molecule has 0 unspecified atom stereocenters. The minimum absolute atomic E-state index is 0.344. The van der Waals surface area contributed by atoms with Crippen molar-refractivity contribution in [3.8, 4) is 6.07 Å². The second-order valence-corrected chi connectivity index (χ2v) is 4.88. The van der Waals surface area contributed by atoms with Crippen molar-refractivity contribution in [1.82, 2.24) is 5.32 Å². The number of allylic oxidation sites excluding steroid dienone is 2. The molecule has 2 heterocycles. The minimum atomic E-state index is -0.535. The zero-order valence-corrected chi connectivity index (χ0v) is 12.0. The van der Waals surface area contributed by atoms with Crippen molar-refractivity contribution in [2.24, 2.45) is 4.99 Å². The van der Waals surface area contributed by atoms with Gasteiger partial charge in [-0.2, -0.15) is 5.26 Å². The fraction of sp³-hybridized carbons (Fsp3) is 0.571. The van der Waals surface area contributed by atoms with Crippen LogP contribution in [0, 0.1) is 11.3 Å². The molecule has 0 radical (unpaired) electrons. The molecule has 0 aromatic carbocycles. The molecule has 0 amide bonds. The number of aliphatic imine (C=N–C) groups is 1. The van der Waals surface area contributed by atoms with Crippen LogP contribution < -0.4 is 5.32 Å². The molecule has 0 saturated carbocycles. The molecule has 0 spiro atoms. The summed E-state index contributed by atoms with van der Waals surface area (Å²) in [5.41, 5.74) is 1.71. The Labute approximate surface area is 122 Å². The quantitative estimate of drug-likeness (QED) is 0.599. The average molecular weight is 291 g/mol. The van der Waals surface area contributed by atoms with Gasteiger partial charge in [0.1, 0.15) is 18.2 Å². The van der Waals surface area contributed by atoms with Gasteiger partial charge in [0.15, 0.2) is 0 Å². The molecule has 0 bridgehead atoms. The number of nitriles is 1. The standard InChI is InChI=1S/C14H17N3O4/c1-20-13(18)11-5-3-9(16-11)8(7-15)10-4-6-12(17-10)14(19)21-2/h11-12,16H,3-6H2,1-2H3/b9-8-/t11-,12-/m0/s1. The lowest BCUT2D eigenvalue weighted by molar-refractivity contribution is -0.143. The van der Waals surface area contributed by atoms with E-state index in [0.29, 0.717) is 42.7 Å². The van der Waals surface area contributed by atoms with Gasteiger partial charge in [-0.05, 0) is 25.7 Å². The molecule has 112 valence electrons. The number of nitrogens with zero attached hydrogens (tertiary/aromatic N) is 2. The van der Waals surface area contributed by atoms with Gasteiger partial charge in [-0.25, -0.2) is 9.59 Å². The highest BCUT2D eigenvalue weighted by atomic mass is 16.5. The summed E-state index contributed by atoms with van der Waals surface area (Å²) in [4.78, 5) is 27.2. The predicted octanol–water partition coefficient (Wildman–Crippen LogP) is 0.465. The molecule has 0 aromatic heterocycles. The average Bonchev–Trinajstić information content (AvgIpc) is 3.16. The smallest absolute Gasteiger partial charge is 0.330 e. The number of rotatable bonds is 3. The molecule has 1 saturated heterocycles. The van der Waals surface area contributed by atoms with Crippen molar-refractivity contribution in [2.45, 2.75) is 37.8 Å². The van der Waals surface area contributed by atoms with Crippen molar-refractivity contribution in [3.05, 3.63) is 11.3 Å². The number of carbonyl (C=O) groups excluding carboxylic acids is 2. The predicted molar refractivity (Wildman–Crippen MR) is 73.3 cm³/mol. The first-order chi connectivity index (χ1) is 10.1. The lowest BCUT2D eigenvalue weighted by Crippen LogP contribution is -2.31. The number of carbonyl (C=O) groups is 2. The summed E-state index contributed by atoms with van der Waals surface area (Å²) < 4.78 is 9.35. The van der Waals surface area contributed by atoms with E-state index in [2.05, 4.69) is 25.9 Å². The van der Waals surface area contributed by atoms with Crippen LogP contribution in [0.25, 0.3) is 0 Å². The van der Waals surface area contributed by atoms with Gasteiger partial charge >= 0.3 is 11.9 Å². The first-order valence-corrected chi connectivity index (χ1v) is 6.73. The SMILES string of the molecule is COC(=O)[C@@H]1CCC(/C(C#N)=C2/CC[C@@H](C(=O)OC)N2)=N1. The maximum Gasteiger partial charge on any atom is 0.330 e. The molecule has 0 aromatic rings. The highest BCUT2D eigenvalue weighted by Crippen LogP contribution is 2.25. The van der Waals surface area contributed by atoms with E-state index in [1.165, 1.54) is 14.2 Å². The third-order valence-electron chi connectivity index (χ3n) is 3.66. The summed E-state index contributed by atoms with van der Waals surface area (Å²) in [7, 11) is 2.65. The van der Waals surface area contributed by atoms with Gasteiger partial charge in [-0.1, -0.05) is 0 Å². The van der Waals surface area contributed by atoms with E-state index >= 15 is 0 Å². The van der Waals surface area contributed by atoms with E-state index in [4.69, 9.17) is 0 Å². The zero-order chi connectivity index (χ0) is 15.4. The number of esters is 2. The number of ether oxygens (including phenoxy) is 2. The summed E-state index contributed by atoms with van der Waals surface area (Å²) in [5.74, 6) is -0.734.